The minimum absolute atomic E-state index is 0. The lowest BCUT2D eigenvalue weighted by Crippen LogP contribution is -3.00. The first-order valence-corrected chi connectivity index (χ1v) is 19.4. The highest BCUT2D eigenvalue weighted by atomic mass is 35.5. The van der Waals surface area contributed by atoms with E-state index in [1.54, 1.807) is 11.1 Å². The molecule has 0 aliphatic carbocycles. The molecule has 0 saturated carbocycles. The molecule has 1 atom stereocenters. The molecule has 2 aromatic carbocycles. The van der Waals surface area contributed by atoms with E-state index in [-0.39, 0.29) is 24.2 Å². The molecule has 0 aliphatic rings. The number of quaternary nitrogens is 1. The highest BCUT2D eigenvalue weighted by Gasteiger charge is 2.51. The zero-order chi connectivity index (χ0) is 33.7. The van der Waals surface area contributed by atoms with Crippen LogP contribution in [0.15, 0.2) is 54.6 Å². The number of para-hydroxylation sites is 1. The van der Waals surface area contributed by atoms with Crippen LogP contribution in [0, 0.1) is 11.8 Å². The van der Waals surface area contributed by atoms with Crippen molar-refractivity contribution in [3.63, 3.8) is 0 Å². The van der Waals surface area contributed by atoms with E-state index in [4.69, 9.17) is 9.47 Å². The Morgan fingerprint density at radius 2 is 1.06 bits per heavy atom. The van der Waals surface area contributed by atoms with Gasteiger partial charge in [0.05, 0.1) is 20.7 Å². The molecule has 0 aliphatic heterocycles. The van der Waals surface area contributed by atoms with Crippen molar-refractivity contribution in [3.05, 3.63) is 65.7 Å². The number of rotatable bonds is 27. The average Bonchev–Trinajstić information content (AvgIpc) is 3.03. The maximum Gasteiger partial charge on any atom is 0.190 e. The first-order valence-electron chi connectivity index (χ1n) is 19.4. The van der Waals surface area contributed by atoms with Gasteiger partial charge in [-0.3, -0.25) is 4.48 Å². The predicted octanol–water partition coefficient (Wildman–Crippen LogP) is 9.52. The van der Waals surface area contributed by atoms with E-state index in [9.17, 15) is 0 Å². The third-order valence-electron chi connectivity index (χ3n) is 10.3. The maximum absolute atomic E-state index is 6.59. The van der Waals surface area contributed by atoms with Crippen molar-refractivity contribution in [3.8, 4) is 5.75 Å². The highest BCUT2D eigenvalue weighted by Crippen LogP contribution is 2.47. The number of hydrogen-bond acceptors (Lipinski definition) is 2. The Bertz CT molecular complexity index is 1010. The molecule has 2 aromatic rings. The molecule has 0 saturated heterocycles. The number of halogens is 1. The van der Waals surface area contributed by atoms with E-state index in [1.807, 2.05) is 30.3 Å². The van der Waals surface area contributed by atoms with Crippen LogP contribution in [0.1, 0.15) is 155 Å². The lowest BCUT2D eigenvalue weighted by molar-refractivity contribution is -0.991. The van der Waals surface area contributed by atoms with Gasteiger partial charge in [-0.05, 0) is 42.4 Å². The van der Waals surface area contributed by atoms with Gasteiger partial charge in [-0.25, -0.2) is 0 Å². The fraction of sp³-hybridized carbons (Fsp3) is 0.721. The summed E-state index contributed by atoms with van der Waals surface area (Å²) in [6.07, 6.45) is 23.1. The molecule has 0 aromatic heterocycles. The molecule has 0 heterocycles. The van der Waals surface area contributed by atoms with Crippen LogP contribution in [-0.2, 0) is 16.7 Å². The molecule has 3 nitrogen and oxygen atoms in total. The summed E-state index contributed by atoms with van der Waals surface area (Å²) in [5, 5.41) is 0. The third kappa shape index (κ3) is 15.7. The van der Waals surface area contributed by atoms with Gasteiger partial charge in [-0.1, -0.05) is 161 Å². The number of benzene rings is 2. The van der Waals surface area contributed by atoms with Crippen molar-refractivity contribution >= 4 is 0 Å². The SMILES string of the molecule is CCCCCCCCCCCCCCCCc1ccccc1C(CC(C)C)(CC(C)C)[N+](C)(C)C(C)OCCOc1ccccc1.[Cl-]. The van der Waals surface area contributed by atoms with E-state index in [2.05, 4.69) is 79.9 Å². The molecule has 47 heavy (non-hydrogen) atoms. The van der Waals surface area contributed by atoms with Crippen molar-refractivity contribution in [1.82, 2.24) is 0 Å². The summed E-state index contributed by atoms with van der Waals surface area (Å²) >= 11 is 0. The zero-order valence-electron chi connectivity index (χ0n) is 32.0. The number of ether oxygens (including phenoxy) is 2. The number of hydrogen-bond donors (Lipinski definition) is 0. The van der Waals surface area contributed by atoms with Crippen LogP contribution in [0.25, 0.3) is 0 Å². The Morgan fingerprint density at radius 3 is 1.57 bits per heavy atom. The Labute approximate surface area is 298 Å². The van der Waals surface area contributed by atoms with Crippen molar-refractivity contribution in [2.45, 2.75) is 162 Å². The highest BCUT2D eigenvalue weighted by molar-refractivity contribution is 5.33. The van der Waals surface area contributed by atoms with Crippen LogP contribution in [0.2, 0.25) is 0 Å². The fourth-order valence-corrected chi connectivity index (χ4v) is 7.57. The maximum atomic E-state index is 6.59. The molecular weight excluding hydrogens is 598 g/mol. The average molecular weight is 673 g/mol. The molecule has 270 valence electrons. The molecule has 1 unspecified atom stereocenters. The first-order chi connectivity index (χ1) is 22.1. The second kappa shape index (κ2) is 24.6. The second-order valence-electron chi connectivity index (χ2n) is 15.4. The summed E-state index contributed by atoms with van der Waals surface area (Å²) < 4.78 is 13.4. The van der Waals surface area contributed by atoms with Crippen molar-refractivity contribution < 1.29 is 26.4 Å². The van der Waals surface area contributed by atoms with E-state index in [0.29, 0.717) is 25.0 Å². The molecule has 0 bridgehead atoms. The van der Waals surface area contributed by atoms with Gasteiger partial charge < -0.3 is 21.9 Å². The lowest BCUT2D eigenvalue weighted by Gasteiger charge is -2.54. The number of aryl methyl sites for hydroxylation is 1. The monoisotopic (exact) mass is 672 g/mol. The summed E-state index contributed by atoms with van der Waals surface area (Å²) in [5.74, 6) is 2.07. The summed E-state index contributed by atoms with van der Waals surface area (Å²) in [4.78, 5) is 0. The van der Waals surface area contributed by atoms with Gasteiger partial charge in [-0.15, -0.1) is 0 Å². The number of nitrogens with zero attached hydrogens (tertiary/aromatic N) is 1. The Kier molecular flexibility index (Phi) is 22.7. The van der Waals surface area contributed by atoms with Crippen LogP contribution in [0.5, 0.6) is 5.75 Å². The van der Waals surface area contributed by atoms with Gasteiger partial charge >= 0.3 is 0 Å². The zero-order valence-corrected chi connectivity index (χ0v) is 32.8. The quantitative estimate of drug-likeness (QED) is 0.0535. The standard InChI is InChI=1S/C43H74NO2.ClH/c1-9-10-11-12-13-14-15-16-17-18-19-20-21-23-28-40-29-26-27-32-42(40)43(35-37(2)3,36-38(4)5)44(7,8)39(6)45-33-34-46-41-30-24-22-25-31-41;/h22,24-27,29-32,37-39H,9-21,23,28,33-36H2,1-8H3;1H/q+1;/p-1. The van der Waals surface area contributed by atoms with Gasteiger partial charge in [0.25, 0.3) is 0 Å². The van der Waals surface area contributed by atoms with Crippen LogP contribution in [0.3, 0.4) is 0 Å². The second-order valence-corrected chi connectivity index (χ2v) is 15.4. The Hall–Kier alpha value is -1.55. The predicted molar refractivity (Wildman–Crippen MR) is 201 cm³/mol. The smallest absolute Gasteiger partial charge is 0.190 e. The van der Waals surface area contributed by atoms with Gasteiger partial charge in [0.15, 0.2) is 6.23 Å². The van der Waals surface area contributed by atoms with E-state index >= 15 is 0 Å². The summed E-state index contributed by atoms with van der Waals surface area (Å²) in [6.45, 7) is 15.3. The van der Waals surface area contributed by atoms with E-state index in [0.717, 1.165) is 23.1 Å². The lowest BCUT2D eigenvalue weighted by atomic mass is 9.72. The summed E-state index contributed by atoms with van der Waals surface area (Å²) in [7, 11) is 4.83. The topological polar surface area (TPSA) is 18.5 Å². The molecule has 4 heteroatoms. The third-order valence-corrected chi connectivity index (χ3v) is 10.3. The number of unbranched alkanes of at least 4 members (excludes halogenated alkanes) is 13. The molecule has 0 amide bonds. The molecule has 2 rings (SSSR count). The van der Waals surface area contributed by atoms with E-state index in [1.165, 1.54) is 96.3 Å². The van der Waals surface area contributed by atoms with Crippen LogP contribution in [-0.4, -0.2) is 38.0 Å². The Balaban J connectivity index is 0.0000110. The van der Waals surface area contributed by atoms with Gasteiger partial charge in [0, 0.05) is 25.3 Å². The molecule has 0 spiro atoms. The molecule has 0 fully saturated rings. The fourth-order valence-electron chi connectivity index (χ4n) is 7.57. The molecule has 0 radical (unpaired) electrons. The minimum atomic E-state index is -0.0331. The normalized spacial score (nSPS) is 12.8. The van der Waals surface area contributed by atoms with Crippen LogP contribution < -0.4 is 17.1 Å². The van der Waals surface area contributed by atoms with E-state index < -0.39 is 0 Å². The van der Waals surface area contributed by atoms with Gasteiger partial charge in [0.1, 0.15) is 17.9 Å². The van der Waals surface area contributed by atoms with Gasteiger partial charge in [0.2, 0.25) is 0 Å². The van der Waals surface area contributed by atoms with Crippen molar-refractivity contribution in [2.24, 2.45) is 11.8 Å². The van der Waals surface area contributed by atoms with Crippen molar-refractivity contribution in [1.29, 1.82) is 0 Å². The van der Waals surface area contributed by atoms with Crippen LogP contribution >= 0.6 is 0 Å². The summed E-state index contributed by atoms with van der Waals surface area (Å²) in [6, 6.07) is 19.5. The summed E-state index contributed by atoms with van der Waals surface area (Å²) in [5.41, 5.74) is 3.07. The first kappa shape index (κ1) is 43.5. The minimum Gasteiger partial charge on any atom is -1.00 e. The Morgan fingerprint density at radius 1 is 0.596 bits per heavy atom. The van der Waals surface area contributed by atoms with Crippen LogP contribution in [0.4, 0.5) is 0 Å². The van der Waals surface area contributed by atoms with Crippen molar-refractivity contribution in [2.75, 3.05) is 27.3 Å². The largest absolute Gasteiger partial charge is 1.00 e. The van der Waals surface area contributed by atoms with Gasteiger partial charge in [-0.2, -0.15) is 0 Å². The molecule has 0 N–H and O–H groups in total. The molecular formula is C43H74ClNO2.